The number of hydrogen-bond donors (Lipinski definition) is 2. The van der Waals surface area contributed by atoms with Crippen molar-refractivity contribution in [3.63, 3.8) is 0 Å². The highest BCUT2D eigenvalue weighted by molar-refractivity contribution is 7.89. The van der Waals surface area contributed by atoms with Crippen molar-refractivity contribution >= 4 is 21.6 Å². The molecule has 1 fully saturated rings. The molecule has 0 unspecified atom stereocenters. The van der Waals surface area contributed by atoms with Gasteiger partial charge in [0, 0.05) is 19.0 Å². The van der Waals surface area contributed by atoms with Crippen LogP contribution in [0.3, 0.4) is 0 Å². The van der Waals surface area contributed by atoms with Crippen molar-refractivity contribution in [2.24, 2.45) is 5.92 Å². The summed E-state index contributed by atoms with van der Waals surface area (Å²) in [6.07, 6.45) is -4.18. The minimum absolute atomic E-state index is 0.0369. The first kappa shape index (κ1) is 22.6. The summed E-state index contributed by atoms with van der Waals surface area (Å²) in [5.41, 5.74) is 3.44. The predicted octanol–water partition coefficient (Wildman–Crippen LogP) is 3.12. The molecule has 0 radical (unpaired) electrons. The average Bonchev–Trinajstić information content (AvgIpc) is 2.77. The van der Waals surface area contributed by atoms with Gasteiger partial charge in [-0.3, -0.25) is 15.6 Å². The van der Waals surface area contributed by atoms with Crippen molar-refractivity contribution in [1.82, 2.24) is 9.73 Å². The number of carbonyl (C=O) groups excluding carboxylic acids is 1. The van der Waals surface area contributed by atoms with Crippen molar-refractivity contribution in [1.29, 1.82) is 5.26 Å². The Morgan fingerprint density at radius 1 is 1.06 bits per heavy atom. The quantitative estimate of drug-likeness (QED) is 0.679. The number of hydrogen-bond acceptors (Lipinski definition) is 5. The maximum atomic E-state index is 13.0. The molecule has 1 aliphatic rings. The van der Waals surface area contributed by atoms with E-state index in [9.17, 15) is 26.4 Å². The number of nitriles is 1. The first-order valence-electron chi connectivity index (χ1n) is 9.36. The van der Waals surface area contributed by atoms with E-state index in [2.05, 4.69) is 10.9 Å². The summed E-state index contributed by atoms with van der Waals surface area (Å²) in [5.74, 6) is -1.09. The summed E-state index contributed by atoms with van der Waals surface area (Å²) in [6.45, 7) is 0.110. The van der Waals surface area contributed by atoms with E-state index in [0.717, 1.165) is 6.07 Å². The van der Waals surface area contributed by atoms with Crippen LogP contribution in [0.4, 0.5) is 18.9 Å². The number of hydrazine groups is 1. The maximum absolute atomic E-state index is 13.0. The lowest BCUT2D eigenvalue weighted by atomic mass is 9.97. The van der Waals surface area contributed by atoms with Crippen molar-refractivity contribution in [3.8, 4) is 6.07 Å². The SMILES string of the molecule is N#Cc1ccccc1S(=O)(=O)N1CCC(C(=O)NNc2ccccc2C(F)(F)F)CC1. The van der Waals surface area contributed by atoms with Crippen molar-refractivity contribution < 1.29 is 26.4 Å². The van der Waals surface area contributed by atoms with Gasteiger partial charge >= 0.3 is 6.18 Å². The number of sulfonamides is 1. The second kappa shape index (κ2) is 8.95. The molecule has 2 N–H and O–H groups in total. The molecule has 1 amide bonds. The van der Waals surface area contributed by atoms with Gasteiger partial charge < -0.3 is 0 Å². The summed E-state index contributed by atoms with van der Waals surface area (Å²) in [6, 6.07) is 12.5. The molecule has 1 heterocycles. The average molecular weight is 452 g/mol. The van der Waals surface area contributed by atoms with E-state index < -0.39 is 33.6 Å². The van der Waals surface area contributed by atoms with Crippen LogP contribution >= 0.6 is 0 Å². The fourth-order valence-corrected chi connectivity index (χ4v) is 4.96. The number of benzene rings is 2. The van der Waals surface area contributed by atoms with E-state index >= 15 is 0 Å². The van der Waals surface area contributed by atoms with E-state index in [1.807, 2.05) is 6.07 Å². The van der Waals surface area contributed by atoms with Crippen LogP contribution in [0.5, 0.6) is 0 Å². The molecule has 31 heavy (non-hydrogen) atoms. The first-order chi connectivity index (χ1) is 14.6. The molecule has 11 heteroatoms. The van der Waals surface area contributed by atoms with Crippen LogP contribution in [-0.2, 0) is 21.0 Å². The van der Waals surface area contributed by atoms with E-state index in [1.54, 1.807) is 6.07 Å². The lowest BCUT2D eigenvalue weighted by molar-refractivity contribution is -0.137. The molecular weight excluding hydrogens is 433 g/mol. The number of para-hydroxylation sites is 1. The Morgan fingerprint density at radius 3 is 2.32 bits per heavy atom. The van der Waals surface area contributed by atoms with E-state index in [4.69, 9.17) is 5.26 Å². The number of carbonyl (C=O) groups is 1. The Labute approximate surface area is 177 Å². The zero-order valence-electron chi connectivity index (χ0n) is 16.2. The Kier molecular flexibility index (Phi) is 6.52. The lowest BCUT2D eigenvalue weighted by Gasteiger charge is -2.30. The smallest absolute Gasteiger partial charge is 0.298 e. The van der Waals surface area contributed by atoms with E-state index in [-0.39, 0.29) is 42.1 Å². The third-order valence-corrected chi connectivity index (χ3v) is 6.96. The Morgan fingerprint density at radius 2 is 1.68 bits per heavy atom. The number of anilines is 1. The monoisotopic (exact) mass is 452 g/mol. The summed E-state index contributed by atoms with van der Waals surface area (Å²) in [4.78, 5) is 12.3. The molecule has 1 saturated heterocycles. The molecule has 0 aliphatic carbocycles. The molecule has 0 bridgehead atoms. The minimum Gasteiger partial charge on any atom is -0.298 e. The summed E-state index contributed by atoms with van der Waals surface area (Å²) in [5, 5.41) is 9.15. The molecule has 3 rings (SSSR count). The van der Waals surface area contributed by atoms with Gasteiger partial charge in [-0.15, -0.1) is 0 Å². The standard InChI is InChI=1S/C20H19F3N4O3S/c21-20(22,23)16-6-2-3-7-17(16)25-26-19(28)14-9-11-27(12-10-14)31(29,30)18-8-4-1-5-15(18)13-24/h1-8,14,25H,9-12H2,(H,26,28). The van der Waals surface area contributed by atoms with Gasteiger partial charge in [0.2, 0.25) is 15.9 Å². The Hall–Kier alpha value is -3.10. The van der Waals surface area contributed by atoms with Crippen LogP contribution in [-0.4, -0.2) is 31.7 Å². The van der Waals surface area contributed by atoms with Crippen molar-refractivity contribution in [3.05, 3.63) is 59.7 Å². The Bertz CT molecular complexity index is 1110. The number of alkyl halides is 3. The predicted molar refractivity (Wildman–Crippen MR) is 106 cm³/mol. The van der Waals surface area contributed by atoms with Crippen molar-refractivity contribution in [2.75, 3.05) is 18.5 Å². The third-order valence-electron chi connectivity index (χ3n) is 5.00. The molecule has 2 aromatic carbocycles. The van der Waals surface area contributed by atoms with Crippen molar-refractivity contribution in [2.45, 2.75) is 23.9 Å². The van der Waals surface area contributed by atoms with Crippen LogP contribution in [0.1, 0.15) is 24.0 Å². The fraction of sp³-hybridized carbons (Fsp3) is 0.300. The number of nitrogens with one attached hydrogen (secondary N) is 2. The van der Waals surface area contributed by atoms with Gasteiger partial charge in [-0.1, -0.05) is 24.3 Å². The van der Waals surface area contributed by atoms with E-state index in [0.29, 0.717) is 0 Å². The fourth-order valence-electron chi connectivity index (χ4n) is 3.35. The van der Waals surface area contributed by atoms with Crippen LogP contribution in [0.2, 0.25) is 0 Å². The summed E-state index contributed by atoms with van der Waals surface area (Å²) >= 11 is 0. The molecule has 0 spiro atoms. The van der Waals surface area contributed by atoms with Crippen LogP contribution in [0.25, 0.3) is 0 Å². The summed E-state index contributed by atoms with van der Waals surface area (Å²) in [7, 11) is -3.89. The molecular formula is C20H19F3N4O3S. The van der Waals surface area contributed by atoms with E-state index in [1.165, 1.54) is 40.7 Å². The largest absolute Gasteiger partial charge is 0.418 e. The normalized spacial score (nSPS) is 15.8. The Balaban J connectivity index is 1.62. The molecule has 0 saturated carbocycles. The number of nitrogens with zero attached hydrogens (tertiary/aromatic N) is 2. The summed E-state index contributed by atoms with van der Waals surface area (Å²) < 4.78 is 66.0. The second-order valence-electron chi connectivity index (χ2n) is 6.94. The first-order valence-corrected chi connectivity index (χ1v) is 10.8. The second-order valence-corrected chi connectivity index (χ2v) is 8.85. The van der Waals surface area contributed by atoms with Gasteiger partial charge in [0.1, 0.15) is 6.07 Å². The number of amides is 1. The molecule has 1 aliphatic heterocycles. The lowest BCUT2D eigenvalue weighted by Crippen LogP contribution is -2.44. The van der Waals surface area contributed by atoms with Gasteiger partial charge in [0.05, 0.1) is 21.7 Å². The molecule has 164 valence electrons. The number of halogens is 3. The zero-order valence-corrected chi connectivity index (χ0v) is 17.0. The van der Waals surface area contributed by atoms with Gasteiger partial charge in [0.25, 0.3) is 0 Å². The van der Waals surface area contributed by atoms with Crippen LogP contribution in [0, 0.1) is 17.2 Å². The van der Waals surface area contributed by atoms with Gasteiger partial charge in [-0.05, 0) is 37.1 Å². The minimum atomic E-state index is -4.58. The van der Waals surface area contributed by atoms with Gasteiger partial charge in [0.15, 0.2) is 0 Å². The molecule has 2 aromatic rings. The maximum Gasteiger partial charge on any atom is 0.418 e. The highest BCUT2D eigenvalue weighted by atomic mass is 32.2. The highest BCUT2D eigenvalue weighted by Gasteiger charge is 2.35. The van der Waals surface area contributed by atoms with Crippen LogP contribution < -0.4 is 10.9 Å². The number of piperidine rings is 1. The molecule has 7 nitrogen and oxygen atoms in total. The number of rotatable bonds is 5. The van der Waals surface area contributed by atoms with Gasteiger partial charge in [-0.25, -0.2) is 8.42 Å². The topological polar surface area (TPSA) is 102 Å². The zero-order chi connectivity index (χ0) is 22.6. The van der Waals surface area contributed by atoms with Gasteiger partial charge in [-0.2, -0.15) is 22.7 Å². The third kappa shape index (κ3) is 4.98. The molecule has 0 aromatic heterocycles. The van der Waals surface area contributed by atoms with Crippen LogP contribution in [0.15, 0.2) is 53.4 Å². The highest BCUT2D eigenvalue weighted by Crippen LogP contribution is 2.34. The molecule has 0 atom stereocenters.